The lowest BCUT2D eigenvalue weighted by atomic mass is 9.79. The lowest BCUT2D eigenvalue weighted by Gasteiger charge is -2.51. The zero-order chi connectivity index (χ0) is 17.3. The van der Waals surface area contributed by atoms with Crippen molar-refractivity contribution >= 4 is 11.6 Å². The molecule has 1 fully saturated rings. The van der Waals surface area contributed by atoms with Crippen LogP contribution in [0.2, 0.25) is 0 Å². The Morgan fingerprint density at radius 2 is 1.72 bits per heavy atom. The van der Waals surface area contributed by atoms with Gasteiger partial charge in [-0.05, 0) is 55.7 Å². The van der Waals surface area contributed by atoms with Gasteiger partial charge in [0.05, 0.1) is 5.56 Å². The van der Waals surface area contributed by atoms with Crippen LogP contribution in [0.15, 0.2) is 54.6 Å². The van der Waals surface area contributed by atoms with Gasteiger partial charge in [0.1, 0.15) is 5.66 Å². The van der Waals surface area contributed by atoms with Crippen molar-refractivity contribution in [1.82, 2.24) is 4.90 Å². The predicted octanol–water partition coefficient (Wildman–Crippen LogP) is 4.70. The van der Waals surface area contributed by atoms with E-state index in [9.17, 15) is 4.79 Å². The second kappa shape index (κ2) is 6.55. The molecule has 25 heavy (non-hydrogen) atoms. The third kappa shape index (κ3) is 3.04. The quantitative estimate of drug-likeness (QED) is 0.882. The monoisotopic (exact) mass is 334 g/mol. The van der Waals surface area contributed by atoms with Crippen molar-refractivity contribution in [3.05, 3.63) is 65.7 Å². The highest BCUT2D eigenvalue weighted by Gasteiger charge is 2.45. The third-order valence-corrected chi connectivity index (χ3v) is 5.85. The average molecular weight is 334 g/mol. The summed E-state index contributed by atoms with van der Waals surface area (Å²) < 4.78 is 0. The van der Waals surface area contributed by atoms with Crippen LogP contribution in [-0.2, 0) is 6.42 Å². The van der Waals surface area contributed by atoms with E-state index in [2.05, 4.69) is 41.4 Å². The van der Waals surface area contributed by atoms with Crippen LogP contribution in [0.25, 0.3) is 0 Å². The van der Waals surface area contributed by atoms with Gasteiger partial charge in [-0.15, -0.1) is 0 Å². The van der Waals surface area contributed by atoms with Crippen molar-refractivity contribution in [3.63, 3.8) is 0 Å². The Labute approximate surface area is 150 Å². The third-order valence-electron chi connectivity index (χ3n) is 5.85. The fraction of sp³-hybridized carbons (Fsp3) is 0.409. The molecule has 1 spiro atoms. The van der Waals surface area contributed by atoms with Gasteiger partial charge in [0.15, 0.2) is 0 Å². The second-order valence-electron chi connectivity index (χ2n) is 7.58. The summed E-state index contributed by atoms with van der Waals surface area (Å²) in [6.07, 6.45) is 5.30. The number of fused-ring (bicyclic) bond motifs is 1. The molecule has 2 aliphatic rings. The number of benzene rings is 2. The molecule has 2 aromatic rings. The number of nitrogens with zero attached hydrogens (tertiary/aromatic N) is 1. The van der Waals surface area contributed by atoms with Crippen LogP contribution in [0.4, 0.5) is 5.69 Å². The van der Waals surface area contributed by atoms with Crippen LogP contribution in [0.1, 0.15) is 48.5 Å². The van der Waals surface area contributed by atoms with E-state index in [0.29, 0.717) is 0 Å². The topological polar surface area (TPSA) is 32.3 Å². The second-order valence-corrected chi connectivity index (χ2v) is 7.58. The van der Waals surface area contributed by atoms with E-state index in [4.69, 9.17) is 0 Å². The van der Waals surface area contributed by atoms with Crippen LogP contribution < -0.4 is 5.32 Å². The zero-order valence-electron chi connectivity index (χ0n) is 14.9. The van der Waals surface area contributed by atoms with Crippen LogP contribution in [0.5, 0.6) is 0 Å². The van der Waals surface area contributed by atoms with E-state index in [1.807, 2.05) is 30.3 Å². The summed E-state index contributed by atoms with van der Waals surface area (Å²) in [5.41, 5.74) is 2.87. The van der Waals surface area contributed by atoms with Gasteiger partial charge in [0.25, 0.3) is 5.91 Å². The number of hydrogen-bond donors (Lipinski definition) is 1. The molecule has 1 saturated carbocycles. The summed E-state index contributed by atoms with van der Waals surface area (Å²) in [7, 11) is 0. The van der Waals surface area contributed by atoms with E-state index in [-0.39, 0.29) is 11.6 Å². The minimum atomic E-state index is -0.216. The van der Waals surface area contributed by atoms with E-state index >= 15 is 0 Å². The first-order valence-electron chi connectivity index (χ1n) is 9.41. The van der Waals surface area contributed by atoms with Gasteiger partial charge in [-0.2, -0.15) is 0 Å². The molecule has 0 unspecified atom stereocenters. The smallest absolute Gasteiger partial charge is 0.257 e. The van der Waals surface area contributed by atoms with E-state index in [0.717, 1.165) is 43.0 Å². The van der Waals surface area contributed by atoms with Gasteiger partial charge in [-0.25, -0.2) is 0 Å². The minimum absolute atomic E-state index is 0.180. The highest BCUT2D eigenvalue weighted by molar-refractivity contribution is 6.02. The molecule has 1 heterocycles. The molecule has 130 valence electrons. The number of para-hydroxylation sites is 1. The summed E-state index contributed by atoms with van der Waals surface area (Å²) >= 11 is 0. The maximum Gasteiger partial charge on any atom is 0.257 e. The van der Waals surface area contributed by atoms with Crippen molar-refractivity contribution in [2.24, 2.45) is 5.92 Å². The van der Waals surface area contributed by atoms with Crippen molar-refractivity contribution in [3.8, 4) is 0 Å². The molecule has 0 radical (unpaired) electrons. The normalized spacial score (nSPS) is 25.6. The predicted molar refractivity (Wildman–Crippen MR) is 102 cm³/mol. The maximum atomic E-state index is 13.3. The molecule has 1 N–H and O–H groups in total. The van der Waals surface area contributed by atoms with Crippen molar-refractivity contribution in [2.75, 3.05) is 11.9 Å². The molecule has 3 nitrogen and oxygen atoms in total. The number of anilines is 1. The van der Waals surface area contributed by atoms with Crippen LogP contribution in [-0.4, -0.2) is 23.0 Å². The lowest BCUT2D eigenvalue weighted by molar-refractivity contribution is 0.0356. The van der Waals surface area contributed by atoms with Crippen molar-refractivity contribution < 1.29 is 4.79 Å². The van der Waals surface area contributed by atoms with Gasteiger partial charge in [-0.1, -0.05) is 49.4 Å². The first-order valence-corrected chi connectivity index (χ1v) is 9.41. The summed E-state index contributed by atoms with van der Waals surface area (Å²) in [5, 5.41) is 3.75. The standard InChI is InChI=1S/C22H26N2O/c1-17-11-14-22(15-12-17)23-20-10-6-5-9-19(20)21(25)24(22)16-13-18-7-3-2-4-8-18/h2-10,17,23H,11-16H2,1H3. The number of amides is 1. The number of carbonyl (C=O) groups is 1. The van der Waals surface area contributed by atoms with Crippen LogP contribution >= 0.6 is 0 Å². The van der Waals surface area contributed by atoms with Gasteiger partial charge in [0, 0.05) is 12.2 Å². The Balaban J connectivity index is 1.64. The molecule has 1 aliphatic carbocycles. The molecule has 1 aliphatic heterocycles. The molecule has 3 heteroatoms. The lowest BCUT2D eigenvalue weighted by Crippen LogP contribution is -2.61. The number of carbonyl (C=O) groups excluding carboxylic acids is 1. The van der Waals surface area contributed by atoms with E-state index in [1.54, 1.807) is 0 Å². The number of nitrogens with one attached hydrogen (secondary N) is 1. The van der Waals surface area contributed by atoms with Gasteiger partial charge < -0.3 is 10.2 Å². The van der Waals surface area contributed by atoms with Crippen LogP contribution in [0, 0.1) is 5.92 Å². The fourth-order valence-corrected chi connectivity index (χ4v) is 4.27. The van der Waals surface area contributed by atoms with Crippen molar-refractivity contribution in [2.45, 2.75) is 44.7 Å². The first-order chi connectivity index (χ1) is 12.2. The fourth-order valence-electron chi connectivity index (χ4n) is 4.27. The molecule has 4 rings (SSSR count). The first kappa shape index (κ1) is 16.2. The largest absolute Gasteiger partial charge is 0.362 e. The number of hydrogen-bond acceptors (Lipinski definition) is 2. The SMILES string of the molecule is CC1CCC2(CC1)Nc1ccccc1C(=O)N2CCc1ccccc1. The van der Waals surface area contributed by atoms with E-state index in [1.165, 1.54) is 18.4 Å². The molecule has 0 bridgehead atoms. The molecule has 0 aromatic heterocycles. The molecule has 0 atom stereocenters. The van der Waals surface area contributed by atoms with Crippen molar-refractivity contribution in [1.29, 1.82) is 0 Å². The summed E-state index contributed by atoms with van der Waals surface area (Å²) in [4.78, 5) is 15.4. The Morgan fingerprint density at radius 3 is 2.48 bits per heavy atom. The Morgan fingerprint density at radius 1 is 1.04 bits per heavy atom. The minimum Gasteiger partial charge on any atom is -0.362 e. The van der Waals surface area contributed by atoms with Gasteiger partial charge in [0.2, 0.25) is 0 Å². The summed E-state index contributed by atoms with van der Waals surface area (Å²) in [5.74, 6) is 0.926. The molecule has 0 saturated heterocycles. The molecular formula is C22H26N2O. The zero-order valence-corrected chi connectivity index (χ0v) is 14.9. The highest BCUT2D eigenvalue weighted by atomic mass is 16.2. The molecule has 1 amide bonds. The average Bonchev–Trinajstić information content (AvgIpc) is 2.65. The van der Waals surface area contributed by atoms with Crippen LogP contribution in [0.3, 0.4) is 0 Å². The van der Waals surface area contributed by atoms with Gasteiger partial charge in [-0.3, -0.25) is 4.79 Å². The Bertz CT molecular complexity index is 748. The Hall–Kier alpha value is -2.29. The Kier molecular flexibility index (Phi) is 4.24. The highest BCUT2D eigenvalue weighted by Crippen LogP contribution is 2.41. The summed E-state index contributed by atoms with van der Waals surface area (Å²) in [6, 6.07) is 18.4. The maximum absolute atomic E-state index is 13.3. The molecule has 2 aromatic carbocycles. The van der Waals surface area contributed by atoms with Gasteiger partial charge >= 0.3 is 0 Å². The van der Waals surface area contributed by atoms with E-state index < -0.39 is 0 Å². The summed E-state index contributed by atoms with van der Waals surface area (Å²) in [6.45, 7) is 3.08. The molecular weight excluding hydrogens is 308 g/mol. The number of rotatable bonds is 3.